The molecule has 1 amide bonds. The zero-order valence-corrected chi connectivity index (χ0v) is 14.8. The summed E-state index contributed by atoms with van der Waals surface area (Å²) in [5.41, 5.74) is 6.42. The molecule has 128 valence electrons. The van der Waals surface area contributed by atoms with Gasteiger partial charge in [-0.15, -0.1) is 0 Å². The lowest BCUT2D eigenvalue weighted by molar-refractivity contribution is -0.114. The van der Waals surface area contributed by atoms with Crippen LogP contribution >= 0.6 is 23.2 Å². The first-order chi connectivity index (χ1) is 11.9. The largest absolute Gasteiger partial charge is 0.493 e. The van der Waals surface area contributed by atoms with E-state index in [1.807, 2.05) is 6.07 Å². The van der Waals surface area contributed by atoms with Crippen LogP contribution in [0.25, 0.3) is 6.08 Å². The molecular formula is C18H14Cl2N2O3. The van der Waals surface area contributed by atoms with E-state index in [4.69, 9.17) is 43.7 Å². The molecule has 25 heavy (non-hydrogen) atoms. The number of nitriles is 1. The molecule has 0 fully saturated rings. The molecule has 0 aliphatic carbocycles. The Kier molecular flexibility index (Phi) is 6.29. The van der Waals surface area contributed by atoms with Crippen molar-refractivity contribution in [2.75, 3.05) is 7.11 Å². The molecule has 0 aliphatic rings. The Morgan fingerprint density at radius 3 is 2.56 bits per heavy atom. The Hall–Kier alpha value is -2.68. The Morgan fingerprint density at radius 2 is 1.96 bits per heavy atom. The molecule has 0 saturated carbocycles. The third kappa shape index (κ3) is 4.90. The van der Waals surface area contributed by atoms with Crippen LogP contribution in [-0.4, -0.2) is 13.0 Å². The number of carbonyl (C=O) groups is 1. The normalized spacial score (nSPS) is 10.9. The Labute approximate surface area is 155 Å². The molecule has 0 unspecified atom stereocenters. The molecule has 7 heteroatoms. The van der Waals surface area contributed by atoms with E-state index in [2.05, 4.69) is 0 Å². The first kappa shape index (κ1) is 18.7. The van der Waals surface area contributed by atoms with Gasteiger partial charge >= 0.3 is 0 Å². The molecule has 0 atom stereocenters. The maximum absolute atomic E-state index is 11.1. The average Bonchev–Trinajstić information content (AvgIpc) is 2.60. The number of halogens is 2. The Morgan fingerprint density at radius 1 is 1.20 bits per heavy atom. The summed E-state index contributed by atoms with van der Waals surface area (Å²) in [6, 6.07) is 12.0. The summed E-state index contributed by atoms with van der Waals surface area (Å²) in [5, 5.41) is 9.82. The zero-order valence-electron chi connectivity index (χ0n) is 13.3. The highest BCUT2D eigenvalue weighted by atomic mass is 35.5. The van der Waals surface area contributed by atoms with Crippen molar-refractivity contribution in [2.45, 2.75) is 6.61 Å². The third-order valence-corrected chi connectivity index (χ3v) is 4.00. The van der Waals surface area contributed by atoms with Crippen LogP contribution in [0.1, 0.15) is 11.1 Å². The van der Waals surface area contributed by atoms with Crippen LogP contribution in [0.3, 0.4) is 0 Å². The van der Waals surface area contributed by atoms with Crippen molar-refractivity contribution in [3.8, 4) is 17.6 Å². The SMILES string of the molecule is COc1cc(/C=C(\C#N)C(N)=O)ccc1OCc1ccc(Cl)c(Cl)c1. The van der Waals surface area contributed by atoms with Crippen molar-refractivity contribution in [1.29, 1.82) is 5.26 Å². The predicted octanol–water partition coefficient (Wildman–Crippen LogP) is 3.97. The molecule has 0 aliphatic heterocycles. The van der Waals surface area contributed by atoms with E-state index in [0.717, 1.165) is 5.56 Å². The third-order valence-electron chi connectivity index (χ3n) is 3.26. The molecule has 0 bridgehead atoms. The second-order valence-corrected chi connectivity index (χ2v) is 5.80. The van der Waals surface area contributed by atoms with Gasteiger partial charge in [0.25, 0.3) is 5.91 Å². The maximum atomic E-state index is 11.1. The topological polar surface area (TPSA) is 85.3 Å². The van der Waals surface area contributed by atoms with Gasteiger partial charge in [0.15, 0.2) is 11.5 Å². The van der Waals surface area contributed by atoms with Crippen LogP contribution in [-0.2, 0) is 11.4 Å². The van der Waals surface area contributed by atoms with E-state index in [0.29, 0.717) is 27.1 Å². The van der Waals surface area contributed by atoms with Gasteiger partial charge in [0.2, 0.25) is 0 Å². The van der Waals surface area contributed by atoms with Crippen molar-refractivity contribution in [3.63, 3.8) is 0 Å². The quantitative estimate of drug-likeness (QED) is 0.610. The molecule has 0 spiro atoms. The zero-order chi connectivity index (χ0) is 18.4. The minimum Gasteiger partial charge on any atom is -0.493 e. The number of carbonyl (C=O) groups excluding carboxylic acids is 1. The fraction of sp³-hybridized carbons (Fsp3) is 0.111. The summed E-state index contributed by atoms with van der Waals surface area (Å²) in [6.07, 6.45) is 1.38. The lowest BCUT2D eigenvalue weighted by Crippen LogP contribution is -2.12. The van der Waals surface area contributed by atoms with Crippen LogP contribution in [0.4, 0.5) is 0 Å². The molecule has 2 N–H and O–H groups in total. The van der Waals surface area contributed by atoms with Crippen molar-refractivity contribution >= 4 is 35.2 Å². The summed E-state index contributed by atoms with van der Waals surface area (Å²) in [4.78, 5) is 11.1. The summed E-state index contributed by atoms with van der Waals surface area (Å²) < 4.78 is 11.0. The van der Waals surface area contributed by atoms with Crippen LogP contribution in [0, 0.1) is 11.3 Å². The van der Waals surface area contributed by atoms with E-state index < -0.39 is 5.91 Å². The highest BCUT2D eigenvalue weighted by molar-refractivity contribution is 6.42. The molecule has 2 aromatic carbocycles. The predicted molar refractivity (Wildman–Crippen MR) is 96.6 cm³/mol. The highest BCUT2D eigenvalue weighted by Crippen LogP contribution is 2.30. The Balaban J connectivity index is 2.20. The van der Waals surface area contributed by atoms with Crippen molar-refractivity contribution in [2.24, 2.45) is 5.73 Å². The first-order valence-corrected chi connectivity index (χ1v) is 7.86. The minimum atomic E-state index is -0.790. The molecule has 0 radical (unpaired) electrons. The van der Waals surface area contributed by atoms with Crippen LogP contribution in [0.5, 0.6) is 11.5 Å². The molecule has 5 nitrogen and oxygen atoms in total. The summed E-state index contributed by atoms with van der Waals surface area (Å²) in [6.45, 7) is 0.271. The lowest BCUT2D eigenvalue weighted by Gasteiger charge is -2.12. The second-order valence-electron chi connectivity index (χ2n) is 4.98. The highest BCUT2D eigenvalue weighted by Gasteiger charge is 2.09. The molecule has 2 rings (SSSR count). The standard InChI is InChI=1S/C18H14Cl2N2O3/c1-24-17-8-11(6-13(9-21)18(22)23)3-5-16(17)25-10-12-2-4-14(19)15(20)7-12/h2-8H,10H2,1H3,(H2,22,23)/b13-6+. The van der Waals surface area contributed by atoms with Gasteiger partial charge in [-0.3, -0.25) is 4.79 Å². The molecule has 0 aromatic heterocycles. The van der Waals surface area contributed by atoms with Gasteiger partial charge in [0.05, 0.1) is 17.2 Å². The van der Waals surface area contributed by atoms with E-state index in [9.17, 15) is 4.79 Å². The number of hydrogen-bond acceptors (Lipinski definition) is 4. The number of nitrogens with zero attached hydrogens (tertiary/aromatic N) is 1. The molecule has 2 aromatic rings. The van der Waals surface area contributed by atoms with Gasteiger partial charge in [-0.1, -0.05) is 35.3 Å². The van der Waals surface area contributed by atoms with E-state index in [1.165, 1.54) is 13.2 Å². The minimum absolute atomic E-state index is 0.147. The number of primary amides is 1. The average molecular weight is 377 g/mol. The van der Waals surface area contributed by atoms with Gasteiger partial charge in [-0.25, -0.2) is 0 Å². The fourth-order valence-electron chi connectivity index (χ4n) is 2.01. The van der Waals surface area contributed by atoms with Gasteiger partial charge < -0.3 is 15.2 Å². The molecule has 0 heterocycles. The maximum Gasteiger partial charge on any atom is 0.259 e. The summed E-state index contributed by atoms with van der Waals surface area (Å²) in [5.74, 6) is 0.167. The monoisotopic (exact) mass is 376 g/mol. The van der Waals surface area contributed by atoms with E-state index in [-0.39, 0.29) is 12.2 Å². The molecule has 0 saturated heterocycles. The molecular weight excluding hydrogens is 363 g/mol. The number of nitrogens with two attached hydrogens (primary N) is 1. The van der Waals surface area contributed by atoms with E-state index in [1.54, 1.807) is 36.4 Å². The number of rotatable bonds is 6. The number of hydrogen-bond donors (Lipinski definition) is 1. The van der Waals surface area contributed by atoms with Crippen LogP contribution in [0.2, 0.25) is 10.0 Å². The fourth-order valence-corrected chi connectivity index (χ4v) is 2.33. The number of amides is 1. The van der Waals surface area contributed by atoms with Crippen LogP contribution in [0.15, 0.2) is 42.0 Å². The van der Waals surface area contributed by atoms with Gasteiger partial charge in [0.1, 0.15) is 18.2 Å². The van der Waals surface area contributed by atoms with Crippen LogP contribution < -0.4 is 15.2 Å². The smallest absolute Gasteiger partial charge is 0.259 e. The lowest BCUT2D eigenvalue weighted by atomic mass is 10.1. The summed E-state index contributed by atoms with van der Waals surface area (Å²) in [7, 11) is 1.49. The number of benzene rings is 2. The number of ether oxygens (including phenoxy) is 2. The van der Waals surface area contributed by atoms with E-state index >= 15 is 0 Å². The Bertz CT molecular complexity index is 873. The second kappa shape index (κ2) is 8.43. The van der Waals surface area contributed by atoms with Gasteiger partial charge in [0, 0.05) is 0 Å². The van der Waals surface area contributed by atoms with Gasteiger partial charge in [-0.2, -0.15) is 5.26 Å². The number of methoxy groups -OCH3 is 1. The first-order valence-electron chi connectivity index (χ1n) is 7.11. The van der Waals surface area contributed by atoms with Crippen molar-refractivity contribution < 1.29 is 14.3 Å². The van der Waals surface area contributed by atoms with Crippen molar-refractivity contribution in [1.82, 2.24) is 0 Å². The summed E-state index contributed by atoms with van der Waals surface area (Å²) >= 11 is 11.9. The van der Waals surface area contributed by atoms with Gasteiger partial charge in [-0.05, 0) is 41.5 Å². The van der Waals surface area contributed by atoms with Crippen molar-refractivity contribution in [3.05, 3.63) is 63.1 Å².